The zero-order valence-corrected chi connectivity index (χ0v) is 14.1. The predicted molar refractivity (Wildman–Crippen MR) is 91.3 cm³/mol. The molecule has 0 radical (unpaired) electrons. The third-order valence-corrected chi connectivity index (χ3v) is 3.92. The quantitative estimate of drug-likeness (QED) is 0.705. The van der Waals surface area contributed by atoms with E-state index < -0.39 is 5.97 Å². The fraction of sp³-hybridized carbons (Fsp3) is 0.235. The molecule has 0 aliphatic rings. The molecule has 124 valence electrons. The fourth-order valence-electron chi connectivity index (χ4n) is 2.45. The number of furan rings is 1. The van der Waals surface area contributed by atoms with Crippen LogP contribution in [0.5, 0.6) is 0 Å². The van der Waals surface area contributed by atoms with Gasteiger partial charge in [-0.3, -0.25) is 0 Å². The molecule has 0 aliphatic carbocycles. The van der Waals surface area contributed by atoms with Crippen LogP contribution in [0.25, 0.3) is 11.1 Å². The second kappa shape index (κ2) is 6.88. The third-order valence-electron chi connectivity index (χ3n) is 3.55. The Balaban J connectivity index is 1.99. The molecule has 0 aliphatic heterocycles. The van der Waals surface area contributed by atoms with Gasteiger partial charge in [-0.1, -0.05) is 29.8 Å². The summed E-state index contributed by atoms with van der Waals surface area (Å²) >= 11 is 6.17. The highest BCUT2D eigenvalue weighted by molar-refractivity contribution is 6.31. The number of ether oxygens (including phenoxy) is 1. The number of halogens is 1. The Morgan fingerprint density at radius 1 is 1.33 bits per heavy atom. The number of hydrogen-bond acceptors (Lipinski definition) is 6. The highest BCUT2D eigenvalue weighted by atomic mass is 35.5. The van der Waals surface area contributed by atoms with Crippen molar-refractivity contribution in [1.29, 1.82) is 0 Å². The standard InChI is InChI=1S/C17H16ClN3O3/c1-3-23-17(22)13-10(2)24-16-14(13)15(20-9-21-16)19-8-11-6-4-5-7-12(11)18/h4-7,9H,3,8H2,1-2H3,(H,19,20,21). The largest absolute Gasteiger partial charge is 0.462 e. The van der Waals surface area contributed by atoms with E-state index in [9.17, 15) is 4.79 Å². The van der Waals surface area contributed by atoms with Crippen molar-refractivity contribution in [2.75, 3.05) is 11.9 Å². The number of fused-ring (bicyclic) bond motifs is 1. The molecular formula is C17H16ClN3O3. The second-order valence-corrected chi connectivity index (χ2v) is 5.51. The molecule has 0 atom stereocenters. The summed E-state index contributed by atoms with van der Waals surface area (Å²) in [6, 6.07) is 7.51. The molecule has 1 N–H and O–H groups in total. The lowest BCUT2D eigenvalue weighted by atomic mass is 10.1. The summed E-state index contributed by atoms with van der Waals surface area (Å²) in [4.78, 5) is 20.6. The number of anilines is 1. The number of carbonyl (C=O) groups excluding carboxylic acids is 1. The van der Waals surface area contributed by atoms with Crippen LogP contribution in [0, 0.1) is 6.92 Å². The van der Waals surface area contributed by atoms with E-state index >= 15 is 0 Å². The normalized spacial score (nSPS) is 10.8. The van der Waals surface area contributed by atoms with E-state index in [4.69, 9.17) is 20.8 Å². The Hall–Kier alpha value is -2.60. The highest BCUT2D eigenvalue weighted by Gasteiger charge is 2.23. The Kier molecular flexibility index (Phi) is 4.66. The van der Waals surface area contributed by atoms with Gasteiger partial charge in [0.1, 0.15) is 23.5 Å². The van der Waals surface area contributed by atoms with Gasteiger partial charge in [-0.15, -0.1) is 0 Å². The molecule has 0 fully saturated rings. The predicted octanol–water partition coefficient (Wildman–Crippen LogP) is 3.97. The summed E-state index contributed by atoms with van der Waals surface area (Å²) in [5.41, 5.74) is 1.60. The van der Waals surface area contributed by atoms with Gasteiger partial charge in [0.05, 0.1) is 12.0 Å². The first kappa shape index (κ1) is 16.3. The number of benzene rings is 1. The van der Waals surface area contributed by atoms with E-state index in [1.54, 1.807) is 13.8 Å². The molecule has 0 amide bonds. The number of rotatable bonds is 5. The number of aromatic nitrogens is 2. The van der Waals surface area contributed by atoms with E-state index in [1.165, 1.54) is 6.33 Å². The molecule has 0 bridgehead atoms. The molecule has 7 heteroatoms. The number of nitrogens with zero attached hydrogens (tertiary/aromatic N) is 2. The molecule has 6 nitrogen and oxygen atoms in total. The SMILES string of the molecule is CCOC(=O)c1c(C)oc2ncnc(NCc3ccccc3Cl)c12. The fourth-order valence-corrected chi connectivity index (χ4v) is 2.65. The highest BCUT2D eigenvalue weighted by Crippen LogP contribution is 2.30. The molecular weight excluding hydrogens is 330 g/mol. The molecule has 3 aromatic rings. The average Bonchev–Trinajstić information content (AvgIpc) is 2.91. The first-order chi connectivity index (χ1) is 11.6. The van der Waals surface area contributed by atoms with Crippen LogP contribution < -0.4 is 5.32 Å². The maximum absolute atomic E-state index is 12.2. The van der Waals surface area contributed by atoms with Gasteiger partial charge in [0.15, 0.2) is 0 Å². The van der Waals surface area contributed by atoms with Gasteiger partial charge >= 0.3 is 5.97 Å². The van der Waals surface area contributed by atoms with Gasteiger partial charge in [-0.05, 0) is 25.5 Å². The van der Waals surface area contributed by atoms with E-state index in [0.717, 1.165) is 5.56 Å². The lowest BCUT2D eigenvalue weighted by Crippen LogP contribution is -2.08. The van der Waals surface area contributed by atoms with Crippen LogP contribution in [0.1, 0.15) is 28.6 Å². The van der Waals surface area contributed by atoms with Gasteiger partial charge in [0.25, 0.3) is 0 Å². The maximum Gasteiger partial charge on any atom is 0.342 e. The van der Waals surface area contributed by atoms with Gasteiger partial charge in [0, 0.05) is 11.6 Å². The van der Waals surface area contributed by atoms with E-state index in [1.807, 2.05) is 24.3 Å². The van der Waals surface area contributed by atoms with Crippen molar-refractivity contribution >= 4 is 34.5 Å². The number of hydrogen-bond donors (Lipinski definition) is 1. The Bertz CT molecular complexity index is 892. The maximum atomic E-state index is 12.2. The summed E-state index contributed by atoms with van der Waals surface area (Å²) in [7, 11) is 0. The van der Waals surface area contributed by atoms with E-state index in [2.05, 4.69) is 15.3 Å². The molecule has 0 spiro atoms. The van der Waals surface area contributed by atoms with Crippen LogP contribution in [0.15, 0.2) is 35.0 Å². The molecule has 0 saturated heterocycles. The van der Waals surface area contributed by atoms with Crippen molar-refractivity contribution in [3.05, 3.63) is 52.5 Å². The minimum absolute atomic E-state index is 0.279. The van der Waals surface area contributed by atoms with Crippen molar-refractivity contribution in [3.8, 4) is 0 Å². The van der Waals surface area contributed by atoms with Crippen LogP contribution in [0.4, 0.5) is 5.82 Å². The monoisotopic (exact) mass is 345 g/mol. The number of aryl methyl sites for hydroxylation is 1. The van der Waals surface area contributed by atoms with Crippen LogP contribution in [-0.2, 0) is 11.3 Å². The number of esters is 1. The van der Waals surface area contributed by atoms with Crippen LogP contribution >= 0.6 is 11.6 Å². The van der Waals surface area contributed by atoms with E-state index in [-0.39, 0.29) is 6.61 Å². The molecule has 24 heavy (non-hydrogen) atoms. The number of nitrogens with one attached hydrogen (secondary N) is 1. The van der Waals surface area contributed by atoms with Crippen molar-refractivity contribution < 1.29 is 13.9 Å². The van der Waals surface area contributed by atoms with Gasteiger partial charge in [-0.2, -0.15) is 0 Å². The first-order valence-corrected chi connectivity index (χ1v) is 7.88. The summed E-state index contributed by atoms with van der Waals surface area (Å²) in [5.74, 6) is 0.494. The lowest BCUT2D eigenvalue weighted by Gasteiger charge is -2.08. The molecule has 3 rings (SSSR count). The van der Waals surface area contributed by atoms with Crippen LogP contribution in [-0.4, -0.2) is 22.5 Å². The van der Waals surface area contributed by atoms with Gasteiger partial charge in [0.2, 0.25) is 5.71 Å². The zero-order valence-electron chi connectivity index (χ0n) is 13.3. The van der Waals surface area contributed by atoms with E-state index in [0.29, 0.717) is 39.8 Å². The van der Waals surface area contributed by atoms with Crippen LogP contribution in [0.2, 0.25) is 5.02 Å². The van der Waals surface area contributed by atoms with Crippen molar-refractivity contribution in [2.24, 2.45) is 0 Å². The zero-order chi connectivity index (χ0) is 17.1. The molecule has 0 unspecified atom stereocenters. The Labute approximate surface area is 143 Å². The van der Waals surface area contributed by atoms with Crippen molar-refractivity contribution in [2.45, 2.75) is 20.4 Å². The Morgan fingerprint density at radius 2 is 2.12 bits per heavy atom. The molecule has 2 heterocycles. The summed E-state index contributed by atoms with van der Waals surface area (Å²) in [5, 5.41) is 4.36. The minimum Gasteiger partial charge on any atom is -0.462 e. The smallest absolute Gasteiger partial charge is 0.342 e. The van der Waals surface area contributed by atoms with Crippen molar-refractivity contribution in [1.82, 2.24) is 9.97 Å². The summed E-state index contributed by atoms with van der Waals surface area (Å²) < 4.78 is 10.7. The number of carbonyl (C=O) groups is 1. The van der Waals surface area contributed by atoms with Gasteiger partial charge in [-0.25, -0.2) is 14.8 Å². The minimum atomic E-state index is -0.454. The summed E-state index contributed by atoms with van der Waals surface area (Å²) in [6.07, 6.45) is 1.38. The molecule has 2 aromatic heterocycles. The average molecular weight is 346 g/mol. The lowest BCUT2D eigenvalue weighted by molar-refractivity contribution is 0.0526. The first-order valence-electron chi connectivity index (χ1n) is 7.50. The second-order valence-electron chi connectivity index (χ2n) is 5.10. The summed E-state index contributed by atoms with van der Waals surface area (Å²) in [6.45, 7) is 4.19. The van der Waals surface area contributed by atoms with Crippen molar-refractivity contribution in [3.63, 3.8) is 0 Å². The topological polar surface area (TPSA) is 77.2 Å². The molecule has 1 aromatic carbocycles. The van der Waals surface area contributed by atoms with Gasteiger partial charge < -0.3 is 14.5 Å². The third kappa shape index (κ3) is 3.05. The Morgan fingerprint density at radius 3 is 2.88 bits per heavy atom. The van der Waals surface area contributed by atoms with Crippen LogP contribution in [0.3, 0.4) is 0 Å². The molecule has 0 saturated carbocycles.